The molecule has 5 nitrogen and oxygen atoms in total. The minimum absolute atomic E-state index is 0.00456. The molecule has 0 bridgehead atoms. The van der Waals surface area contributed by atoms with Crippen LogP contribution in [0.3, 0.4) is 0 Å². The SMILES string of the molecule is CSc1nc(C)c(CCC(=O)N(C)C(C)c2ccccc2)c(=O)[nH]1. The van der Waals surface area contributed by atoms with E-state index in [0.29, 0.717) is 22.8 Å². The average molecular weight is 345 g/mol. The van der Waals surface area contributed by atoms with E-state index < -0.39 is 0 Å². The van der Waals surface area contributed by atoms with Gasteiger partial charge in [-0.25, -0.2) is 4.98 Å². The molecular formula is C18H23N3O2S. The molecule has 0 saturated heterocycles. The zero-order chi connectivity index (χ0) is 17.7. The van der Waals surface area contributed by atoms with Crippen molar-refractivity contribution in [2.75, 3.05) is 13.3 Å². The molecule has 1 unspecified atom stereocenters. The van der Waals surface area contributed by atoms with Crippen molar-refractivity contribution >= 4 is 17.7 Å². The lowest BCUT2D eigenvalue weighted by Gasteiger charge is -2.25. The number of amides is 1. The monoisotopic (exact) mass is 345 g/mol. The quantitative estimate of drug-likeness (QED) is 0.646. The summed E-state index contributed by atoms with van der Waals surface area (Å²) in [5, 5.41) is 0.599. The molecule has 0 aliphatic rings. The van der Waals surface area contributed by atoms with Gasteiger partial charge in [0.2, 0.25) is 5.91 Å². The van der Waals surface area contributed by atoms with E-state index >= 15 is 0 Å². The van der Waals surface area contributed by atoms with E-state index in [1.807, 2.05) is 50.4 Å². The minimum Gasteiger partial charge on any atom is -0.339 e. The Morgan fingerprint density at radius 1 is 1.33 bits per heavy atom. The van der Waals surface area contributed by atoms with Gasteiger partial charge in [0.05, 0.1) is 6.04 Å². The number of carbonyl (C=O) groups is 1. The first-order chi connectivity index (χ1) is 11.4. The summed E-state index contributed by atoms with van der Waals surface area (Å²) in [7, 11) is 1.80. The second kappa shape index (κ2) is 8.15. The molecule has 2 rings (SSSR count). The normalized spacial score (nSPS) is 12.0. The fourth-order valence-electron chi connectivity index (χ4n) is 2.56. The minimum atomic E-state index is -0.154. The second-order valence-electron chi connectivity index (χ2n) is 5.73. The lowest BCUT2D eigenvalue weighted by Crippen LogP contribution is -2.30. The summed E-state index contributed by atoms with van der Waals surface area (Å²) >= 11 is 1.39. The van der Waals surface area contributed by atoms with Crippen molar-refractivity contribution in [3.63, 3.8) is 0 Å². The lowest BCUT2D eigenvalue weighted by molar-refractivity contribution is -0.131. The van der Waals surface area contributed by atoms with Gasteiger partial charge in [-0.05, 0) is 32.1 Å². The third-order valence-electron chi connectivity index (χ3n) is 4.24. The number of aromatic nitrogens is 2. The Morgan fingerprint density at radius 2 is 2.00 bits per heavy atom. The number of H-pyrrole nitrogens is 1. The Morgan fingerprint density at radius 3 is 2.58 bits per heavy atom. The smallest absolute Gasteiger partial charge is 0.254 e. The summed E-state index contributed by atoms with van der Waals surface area (Å²) in [5.74, 6) is 0.0131. The number of aromatic amines is 1. The number of aryl methyl sites for hydroxylation is 1. The summed E-state index contributed by atoms with van der Waals surface area (Å²) in [6.45, 7) is 3.81. The van der Waals surface area contributed by atoms with Gasteiger partial charge in [0.15, 0.2) is 5.16 Å². The standard InChI is InChI=1S/C18H23N3O2S/c1-12-15(17(23)20-18(19-12)24-4)10-11-16(22)21(3)13(2)14-8-6-5-7-9-14/h5-9,13H,10-11H2,1-4H3,(H,19,20,23). The van der Waals surface area contributed by atoms with E-state index in [-0.39, 0.29) is 23.9 Å². The first kappa shape index (κ1) is 18.3. The summed E-state index contributed by atoms with van der Waals surface area (Å²) in [6.07, 6.45) is 2.55. The Hall–Kier alpha value is -2.08. The van der Waals surface area contributed by atoms with Crippen LogP contribution in [0.2, 0.25) is 0 Å². The lowest BCUT2D eigenvalue weighted by atomic mass is 10.1. The predicted molar refractivity (Wildman–Crippen MR) is 97.3 cm³/mol. The van der Waals surface area contributed by atoms with Gasteiger partial charge in [-0.2, -0.15) is 0 Å². The van der Waals surface area contributed by atoms with E-state index in [1.165, 1.54) is 11.8 Å². The van der Waals surface area contributed by atoms with Crippen LogP contribution in [-0.2, 0) is 11.2 Å². The Balaban J connectivity index is 2.04. The molecule has 1 atom stereocenters. The third kappa shape index (κ3) is 4.26. The van der Waals surface area contributed by atoms with Crippen LogP contribution in [0.15, 0.2) is 40.3 Å². The maximum Gasteiger partial charge on any atom is 0.254 e. The van der Waals surface area contributed by atoms with Gasteiger partial charge in [0.1, 0.15) is 0 Å². The van der Waals surface area contributed by atoms with Crippen molar-refractivity contribution in [1.82, 2.24) is 14.9 Å². The van der Waals surface area contributed by atoms with E-state index in [2.05, 4.69) is 9.97 Å². The average Bonchev–Trinajstić information content (AvgIpc) is 2.60. The molecule has 0 aliphatic heterocycles. The Kier molecular flexibility index (Phi) is 6.20. The molecule has 1 N–H and O–H groups in total. The predicted octanol–water partition coefficient (Wildman–Crippen LogP) is 2.95. The van der Waals surface area contributed by atoms with Crippen molar-refractivity contribution in [3.8, 4) is 0 Å². The number of benzene rings is 1. The van der Waals surface area contributed by atoms with Gasteiger partial charge >= 0.3 is 0 Å². The van der Waals surface area contributed by atoms with Crippen LogP contribution < -0.4 is 5.56 Å². The van der Waals surface area contributed by atoms with E-state index in [9.17, 15) is 9.59 Å². The summed E-state index contributed by atoms with van der Waals surface area (Å²) < 4.78 is 0. The summed E-state index contributed by atoms with van der Waals surface area (Å²) in [4.78, 5) is 33.4. The van der Waals surface area contributed by atoms with Crippen LogP contribution in [0.4, 0.5) is 0 Å². The molecule has 1 amide bonds. The largest absolute Gasteiger partial charge is 0.339 e. The number of nitrogens with one attached hydrogen (secondary N) is 1. The Labute approximate surface area is 146 Å². The molecule has 0 radical (unpaired) electrons. The topological polar surface area (TPSA) is 66.1 Å². The second-order valence-corrected chi connectivity index (χ2v) is 6.53. The van der Waals surface area contributed by atoms with Gasteiger partial charge in [-0.1, -0.05) is 42.1 Å². The van der Waals surface area contributed by atoms with Crippen LogP contribution in [0.5, 0.6) is 0 Å². The van der Waals surface area contributed by atoms with Crippen LogP contribution in [-0.4, -0.2) is 34.1 Å². The first-order valence-electron chi connectivity index (χ1n) is 7.88. The molecule has 1 aromatic heterocycles. The number of rotatable bonds is 6. The third-order valence-corrected chi connectivity index (χ3v) is 4.82. The van der Waals surface area contributed by atoms with Crippen molar-refractivity contribution < 1.29 is 4.79 Å². The molecule has 1 heterocycles. The fourth-order valence-corrected chi connectivity index (χ4v) is 2.98. The molecule has 0 fully saturated rings. The van der Waals surface area contributed by atoms with Gasteiger partial charge in [0.25, 0.3) is 5.56 Å². The molecule has 0 aliphatic carbocycles. The summed E-state index contributed by atoms with van der Waals surface area (Å²) in [6, 6.07) is 9.90. The molecule has 0 saturated carbocycles. The van der Waals surface area contributed by atoms with Crippen LogP contribution in [0.1, 0.15) is 36.2 Å². The molecule has 128 valence electrons. The highest BCUT2D eigenvalue weighted by Crippen LogP contribution is 2.19. The molecule has 6 heteroatoms. The number of carbonyl (C=O) groups excluding carboxylic acids is 1. The zero-order valence-electron chi connectivity index (χ0n) is 14.5. The maximum atomic E-state index is 12.5. The van der Waals surface area contributed by atoms with Gasteiger partial charge in [-0.15, -0.1) is 0 Å². The van der Waals surface area contributed by atoms with Gasteiger partial charge < -0.3 is 9.88 Å². The van der Waals surface area contributed by atoms with Gasteiger partial charge in [0, 0.05) is 24.7 Å². The molecule has 0 spiro atoms. The van der Waals surface area contributed by atoms with Crippen molar-refractivity contribution in [3.05, 3.63) is 57.5 Å². The van der Waals surface area contributed by atoms with E-state index in [4.69, 9.17) is 0 Å². The van der Waals surface area contributed by atoms with Crippen LogP contribution in [0.25, 0.3) is 0 Å². The van der Waals surface area contributed by atoms with Crippen LogP contribution >= 0.6 is 11.8 Å². The molecular weight excluding hydrogens is 322 g/mol. The molecule has 24 heavy (non-hydrogen) atoms. The number of thioether (sulfide) groups is 1. The zero-order valence-corrected chi connectivity index (χ0v) is 15.3. The highest BCUT2D eigenvalue weighted by Gasteiger charge is 2.18. The number of hydrogen-bond acceptors (Lipinski definition) is 4. The molecule has 1 aromatic carbocycles. The van der Waals surface area contributed by atoms with Crippen LogP contribution in [0, 0.1) is 6.92 Å². The van der Waals surface area contributed by atoms with Crippen molar-refractivity contribution in [2.24, 2.45) is 0 Å². The highest BCUT2D eigenvalue weighted by molar-refractivity contribution is 7.98. The maximum absolute atomic E-state index is 12.5. The van der Waals surface area contributed by atoms with E-state index in [1.54, 1.807) is 11.9 Å². The van der Waals surface area contributed by atoms with E-state index in [0.717, 1.165) is 5.56 Å². The number of nitrogens with zero attached hydrogens (tertiary/aromatic N) is 2. The van der Waals surface area contributed by atoms with Gasteiger partial charge in [-0.3, -0.25) is 9.59 Å². The first-order valence-corrected chi connectivity index (χ1v) is 9.11. The van der Waals surface area contributed by atoms with Crippen molar-refractivity contribution in [2.45, 2.75) is 37.9 Å². The number of hydrogen-bond donors (Lipinski definition) is 1. The fraction of sp³-hybridized carbons (Fsp3) is 0.389. The summed E-state index contributed by atoms with van der Waals surface area (Å²) in [5.41, 5.74) is 2.21. The molecule has 2 aromatic rings. The Bertz CT molecular complexity index is 759. The highest BCUT2D eigenvalue weighted by atomic mass is 32.2. The van der Waals surface area contributed by atoms with Crippen molar-refractivity contribution in [1.29, 1.82) is 0 Å².